The zero-order chi connectivity index (χ0) is 46.1. The first kappa shape index (κ1) is 44.8. The highest BCUT2D eigenvalue weighted by molar-refractivity contribution is 6.31. The minimum absolute atomic E-state index is 0.00571. The quantitative estimate of drug-likeness (QED) is 0.0373. The normalized spacial score (nSPS) is 22.1. The van der Waals surface area contributed by atoms with Gasteiger partial charge in [-0.25, -0.2) is 9.59 Å². The molecule has 3 aromatic carbocycles. The molecule has 0 spiro atoms. The molecule has 7 unspecified atom stereocenters. The van der Waals surface area contributed by atoms with E-state index in [1.807, 2.05) is 0 Å². The number of urea groups is 1. The van der Waals surface area contributed by atoms with E-state index in [-0.39, 0.29) is 65.5 Å². The number of anilines is 2. The molecular formula is C46H47N7O11. The average Bonchev–Trinajstić information content (AvgIpc) is 4.00. The maximum Gasteiger partial charge on any atom is 0.407 e. The molecule has 2 aliphatic carbocycles. The second kappa shape index (κ2) is 17.9. The number of fused-ring (bicyclic) bond motifs is 4. The summed E-state index contributed by atoms with van der Waals surface area (Å²) in [6, 6.07) is 8.70. The number of allylic oxidation sites excluding steroid dienone is 2. The second-order valence-electron chi connectivity index (χ2n) is 16.2. The summed E-state index contributed by atoms with van der Waals surface area (Å²) in [5.41, 5.74) is 9.22. The van der Waals surface area contributed by atoms with Gasteiger partial charge in [-0.15, -0.1) is 0 Å². The summed E-state index contributed by atoms with van der Waals surface area (Å²) in [6.07, 6.45) is -0.00507. The summed E-state index contributed by atoms with van der Waals surface area (Å²) in [6.45, 7) is 5.03. The summed E-state index contributed by atoms with van der Waals surface area (Å²) in [4.78, 5) is 78.0. The van der Waals surface area contributed by atoms with Gasteiger partial charge >= 0.3 is 12.1 Å². The maximum atomic E-state index is 14.3. The predicted octanol–water partition coefficient (Wildman–Crippen LogP) is 1.53. The SMILES string of the molecule is CC(C)C(N)C(=O)NC(CCCNC(N)=O)C(=O)Nc1ccc(COC(=O)NCc2ccc3c(c2)C(=O)c2c(O)cc4c(c2C3=O)NC2C#CC=CC#CC(O)C43OC23C(C)O)cc1. The highest BCUT2D eigenvalue weighted by atomic mass is 16.7. The molecule has 0 radical (unpaired) electrons. The van der Waals surface area contributed by atoms with Gasteiger partial charge in [-0.3, -0.25) is 19.2 Å². The molecule has 2 heterocycles. The lowest BCUT2D eigenvalue weighted by atomic mass is 9.69. The van der Waals surface area contributed by atoms with Gasteiger partial charge in [0.05, 0.1) is 29.0 Å². The standard InChI is InChI=1S/C46H47N7O11/c1-23(2)37(47)42(60)52-31(9-8-18-49-43(48)61)41(59)51-27-15-12-25(13-16-27)22-63-44(62)50-21-26-14-17-28-29(19-26)40(58)35-32(55)20-30-38(36(35)39(28)57)53-33-10-6-4-5-7-11-34(56)46(30)45(33,64-46)24(3)54/h4-5,12-17,19-20,23-24,31,33-34,37,53-56H,8-9,18,21-22,47H2,1-3H3,(H,50,62)(H,51,59)(H,52,60)(H3,48,49,61). The Balaban J connectivity index is 0.989. The van der Waals surface area contributed by atoms with Crippen LogP contribution in [0.15, 0.2) is 60.7 Å². The summed E-state index contributed by atoms with van der Waals surface area (Å²) < 4.78 is 11.6. The number of benzene rings is 3. The smallest absolute Gasteiger partial charge is 0.407 e. The molecule has 7 atom stereocenters. The Kier molecular flexibility index (Phi) is 12.5. The molecule has 18 heteroatoms. The van der Waals surface area contributed by atoms with Crippen LogP contribution < -0.4 is 38.1 Å². The Hall–Kier alpha value is -7.22. The van der Waals surface area contributed by atoms with E-state index in [4.69, 9.17) is 20.9 Å². The number of alkyl carbamates (subject to hydrolysis) is 1. The number of carbonyl (C=O) groups is 6. The van der Waals surface area contributed by atoms with Crippen LogP contribution in [0.25, 0.3) is 0 Å². The van der Waals surface area contributed by atoms with E-state index >= 15 is 0 Å². The van der Waals surface area contributed by atoms with E-state index in [2.05, 4.69) is 50.3 Å². The Labute approximate surface area is 367 Å². The van der Waals surface area contributed by atoms with E-state index < -0.39 is 82.8 Å². The third-order valence-electron chi connectivity index (χ3n) is 11.7. The predicted molar refractivity (Wildman–Crippen MR) is 230 cm³/mol. The molecule has 64 heavy (non-hydrogen) atoms. The van der Waals surface area contributed by atoms with Gasteiger partial charge in [0.25, 0.3) is 0 Å². The van der Waals surface area contributed by atoms with Gasteiger partial charge in [-0.1, -0.05) is 55.7 Å². The molecule has 4 aliphatic rings. The van der Waals surface area contributed by atoms with Crippen molar-refractivity contribution in [3.63, 3.8) is 0 Å². The highest BCUT2D eigenvalue weighted by Crippen LogP contribution is 2.67. The van der Waals surface area contributed by atoms with Gasteiger partial charge in [-0.2, -0.15) is 0 Å². The van der Waals surface area contributed by atoms with Crippen LogP contribution in [0.3, 0.4) is 0 Å². The number of carbonyl (C=O) groups excluding carboxylic acids is 6. The first-order valence-corrected chi connectivity index (χ1v) is 20.5. The van der Waals surface area contributed by atoms with Crippen molar-refractivity contribution in [1.29, 1.82) is 0 Å². The first-order valence-electron chi connectivity index (χ1n) is 20.5. The summed E-state index contributed by atoms with van der Waals surface area (Å²) >= 11 is 0. The lowest BCUT2D eigenvalue weighted by Crippen LogP contribution is -2.54. The number of primary amides is 1. The number of hydrogen-bond acceptors (Lipinski definition) is 13. The largest absolute Gasteiger partial charge is 0.507 e. The third-order valence-corrected chi connectivity index (χ3v) is 11.7. The molecule has 1 saturated heterocycles. The molecule has 18 nitrogen and oxygen atoms in total. The third kappa shape index (κ3) is 8.23. The number of nitrogens with one attached hydrogen (secondary N) is 5. The van der Waals surface area contributed by atoms with E-state index in [9.17, 15) is 44.1 Å². The molecular weight excluding hydrogens is 827 g/mol. The van der Waals surface area contributed by atoms with Crippen LogP contribution in [-0.2, 0) is 37.8 Å². The van der Waals surface area contributed by atoms with Crippen LogP contribution in [0, 0.1) is 29.6 Å². The average molecular weight is 874 g/mol. The van der Waals surface area contributed by atoms with E-state index in [1.54, 1.807) is 44.2 Å². The van der Waals surface area contributed by atoms with E-state index in [0.717, 1.165) is 0 Å². The minimum Gasteiger partial charge on any atom is -0.507 e. The van der Waals surface area contributed by atoms with Crippen LogP contribution in [-0.4, -0.2) is 93.3 Å². The number of aromatic hydroxyl groups is 1. The fraction of sp³-hybridized carbons (Fsp3) is 0.348. The number of aliphatic hydroxyl groups excluding tert-OH is 2. The van der Waals surface area contributed by atoms with Crippen molar-refractivity contribution in [2.24, 2.45) is 17.4 Å². The first-order chi connectivity index (χ1) is 30.5. The van der Waals surface area contributed by atoms with Crippen molar-refractivity contribution in [2.75, 3.05) is 17.2 Å². The molecule has 0 saturated carbocycles. The van der Waals surface area contributed by atoms with Crippen molar-refractivity contribution in [3.05, 3.63) is 99.6 Å². The number of epoxide rings is 1. The van der Waals surface area contributed by atoms with E-state index in [1.165, 1.54) is 37.3 Å². The van der Waals surface area contributed by atoms with Crippen molar-refractivity contribution in [2.45, 2.75) is 88.3 Å². The topological polar surface area (TPSA) is 297 Å². The van der Waals surface area contributed by atoms with Gasteiger partial charge in [0.2, 0.25) is 11.8 Å². The Morgan fingerprint density at radius 2 is 1.61 bits per heavy atom. The number of ketones is 2. The van der Waals surface area contributed by atoms with Gasteiger partial charge in [0, 0.05) is 35.5 Å². The number of amides is 5. The Morgan fingerprint density at radius 3 is 2.30 bits per heavy atom. The fourth-order valence-corrected chi connectivity index (χ4v) is 8.24. The summed E-state index contributed by atoms with van der Waals surface area (Å²) in [5.74, 6) is 8.26. The number of aliphatic hydroxyl groups is 2. The molecule has 12 N–H and O–H groups in total. The molecule has 2 aliphatic heterocycles. The minimum atomic E-state index is -1.69. The number of hydrogen-bond donors (Lipinski definition) is 10. The van der Waals surface area contributed by atoms with Crippen molar-refractivity contribution >= 4 is 46.9 Å². The number of nitrogens with two attached hydrogens (primary N) is 2. The number of phenols is 1. The number of phenolic OH excluding ortho intramolecular Hbond substituents is 1. The van der Waals surface area contributed by atoms with E-state index in [0.29, 0.717) is 23.2 Å². The molecule has 332 valence electrons. The number of rotatable bonds is 14. The van der Waals surface area contributed by atoms with Crippen molar-refractivity contribution in [1.82, 2.24) is 16.0 Å². The van der Waals surface area contributed by atoms with Crippen molar-refractivity contribution < 1.29 is 53.6 Å². The molecule has 1 fully saturated rings. The van der Waals surface area contributed by atoms with Gasteiger partial charge in [0.1, 0.15) is 24.4 Å². The Bertz CT molecular complexity index is 2600. The zero-order valence-electron chi connectivity index (χ0n) is 35.0. The van der Waals surface area contributed by atoms with Crippen LogP contribution in [0.5, 0.6) is 5.75 Å². The second-order valence-corrected chi connectivity index (χ2v) is 16.2. The molecule has 2 bridgehead atoms. The Morgan fingerprint density at radius 1 is 0.922 bits per heavy atom. The zero-order valence-corrected chi connectivity index (χ0v) is 35.0. The fourth-order valence-electron chi connectivity index (χ4n) is 8.24. The van der Waals surface area contributed by atoms with Crippen LogP contribution in [0.2, 0.25) is 0 Å². The molecule has 5 amide bonds. The van der Waals surface area contributed by atoms with Gasteiger partial charge in [-0.05, 0) is 79.3 Å². The van der Waals surface area contributed by atoms with Gasteiger partial charge in [0.15, 0.2) is 28.9 Å². The summed E-state index contributed by atoms with van der Waals surface area (Å²) in [7, 11) is 0. The monoisotopic (exact) mass is 873 g/mol. The molecule has 0 aromatic heterocycles. The van der Waals surface area contributed by atoms with Crippen LogP contribution in [0.4, 0.5) is 21.0 Å². The molecule has 3 aromatic rings. The lowest BCUT2D eigenvalue weighted by Gasteiger charge is -2.37. The highest BCUT2D eigenvalue weighted by Gasteiger charge is 2.82. The van der Waals surface area contributed by atoms with Gasteiger partial charge < -0.3 is 62.8 Å². The lowest BCUT2D eigenvalue weighted by molar-refractivity contribution is -0.128. The van der Waals surface area contributed by atoms with Crippen molar-refractivity contribution in [3.8, 4) is 29.4 Å². The molecule has 7 rings (SSSR count). The summed E-state index contributed by atoms with van der Waals surface area (Å²) in [5, 5.41) is 47.4. The maximum absolute atomic E-state index is 14.3. The number of ether oxygens (including phenoxy) is 2. The van der Waals surface area contributed by atoms with Crippen LogP contribution in [0.1, 0.15) is 82.1 Å². The van der Waals surface area contributed by atoms with Crippen LogP contribution >= 0.6 is 0 Å².